The van der Waals surface area contributed by atoms with Crippen LogP contribution in [-0.2, 0) is 20.9 Å². The summed E-state index contributed by atoms with van der Waals surface area (Å²) in [6.07, 6.45) is 1.65. The maximum atomic E-state index is 12.1. The Morgan fingerprint density at radius 1 is 1.23 bits per heavy atom. The molecular weight excluding hydrogens is 352 g/mol. The molecule has 2 N–H and O–H groups in total. The second-order valence-electron chi connectivity index (χ2n) is 6.37. The number of hydrogen-bond donors (Lipinski definition) is 1. The van der Waals surface area contributed by atoms with Crippen molar-refractivity contribution < 1.29 is 19.1 Å². The van der Waals surface area contributed by atoms with Crippen LogP contribution >= 0.6 is 11.8 Å². The van der Waals surface area contributed by atoms with E-state index in [-0.39, 0.29) is 12.1 Å². The molecule has 0 spiro atoms. The number of carbonyl (C=O) groups is 2. The van der Waals surface area contributed by atoms with Gasteiger partial charge in [-0.3, -0.25) is 4.79 Å². The second-order valence-corrected chi connectivity index (χ2v) is 7.44. The highest BCUT2D eigenvalue weighted by Gasteiger charge is 2.24. The topological polar surface area (TPSA) is 81.9 Å². The van der Waals surface area contributed by atoms with Gasteiger partial charge in [-0.15, -0.1) is 0 Å². The maximum Gasteiger partial charge on any atom is 0.410 e. The molecule has 1 aliphatic heterocycles. The van der Waals surface area contributed by atoms with E-state index in [0.29, 0.717) is 38.0 Å². The number of rotatable bonds is 8. The van der Waals surface area contributed by atoms with Crippen LogP contribution in [0.4, 0.5) is 4.79 Å². The molecule has 1 atom stereocenters. The largest absolute Gasteiger partial charge is 0.465 e. The fourth-order valence-electron chi connectivity index (χ4n) is 2.77. The molecule has 1 fully saturated rings. The quantitative estimate of drug-likeness (QED) is 0.698. The van der Waals surface area contributed by atoms with Crippen molar-refractivity contribution >= 4 is 23.8 Å². The molecule has 0 saturated carbocycles. The maximum absolute atomic E-state index is 12.1. The molecule has 1 aromatic carbocycles. The van der Waals surface area contributed by atoms with Crippen LogP contribution in [0.3, 0.4) is 0 Å². The van der Waals surface area contributed by atoms with E-state index in [1.807, 2.05) is 30.3 Å². The fraction of sp³-hybridized carbons (Fsp3) is 0.579. The lowest BCUT2D eigenvalue weighted by Gasteiger charge is -2.31. The molecule has 0 aliphatic carbocycles. The van der Waals surface area contributed by atoms with Gasteiger partial charge in [-0.2, -0.15) is 11.8 Å². The molecule has 7 heteroatoms. The van der Waals surface area contributed by atoms with Crippen molar-refractivity contribution in [2.24, 2.45) is 11.7 Å². The molecule has 1 aromatic rings. The lowest BCUT2D eigenvalue weighted by atomic mass is 9.99. The predicted molar refractivity (Wildman–Crippen MR) is 103 cm³/mol. The van der Waals surface area contributed by atoms with Crippen LogP contribution in [0.1, 0.15) is 25.3 Å². The van der Waals surface area contributed by atoms with Crippen LogP contribution in [0.25, 0.3) is 0 Å². The zero-order valence-electron chi connectivity index (χ0n) is 15.3. The zero-order valence-corrected chi connectivity index (χ0v) is 16.1. The molecule has 6 nitrogen and oxygen atoms in total. The van der Waals surface area contributed by atoms with Crippen molar-refractivity contribution in [2.45, 2.75) is 32.4 Å². The molecular formula is C19H28N2O4S. The molecule has 1 heterocycles. The van der Waals surface area contributed by atoms with E-state index in [9.17, 15) is 9.59 Å². The molecule has 26 heavy (non-hydrogen) atoms. The highest BCUT2D eigenvalue weighted by atomic mass is 32.2. The minimum atomic E-state index is -0.562. The minimum Gasteiger partial charge on any atom is -0.465 e. The van der Waals surface area contributed by atoms with E-state index in [2.05, 4.69) is 0 Å². The lowest BCUT2D eigenvalue weighted by molar-refractivity contribution is -0.144. The van der Waals surface area contributed by atoms with Gasteiger partial charge in [0.05, 0.1) is 6.61 Å². The number of benzene rings is 1. The van der Waals surface area contributed by atoms with E-state index in [4.69, 9.17) is 15.2 Å². The van der Waals surface area contributed by atoms with Gasteiger partial charge in [-0.1, -0.05) is 30.3 Å². The van der Waals surface area contributed by atoms with Gasteiger partial charge in [-0.25, -0.2) is 4.79 Å². The number of thioether (sulfide) groups is 1. The van der Waals surface area contributed by atoms with Crippen molar-refractivity contribution in [3.63, 3.8) is 0 Å². The molecule has 0 unspecified atom stereocenters. The Kier molecular flexibility index (Phi) is 8.77. The number of nitrogens with zero attached hydrogens (tertiary/aromatic N) is 1. The van der Waals surface area contributed by atoms with Crippen molar-refractivity contribution in [3.8, 4) is 0 Å². The molecule has 1 aliphatic rings. The summed E-state index contributed by atoms with van der Waals surface area (Å²) in [6, 6.07) is 9.12. The van der Waals surface area contributed by atoms with Gasteiger partial charge in [0.25, 0.3) is 0 Å². The third-order valence-electron chi connectivity index (χ3n) is 4.32. The Bertz CT molecular complexity index is 562. The summed E-state index contributed by atoms with van der Waals surface area (Å²) >= 11 is 1.68. The molecule has 1 amide bonds. The summed E-state index contributed by atoms with van der Waals surface area (Å²) in [7, 11) is 0. The van der Waals surface area contributed by atoms with Crippen LogP contribution < -0.4 is 5.73 Å². The SMILES string of the molecule is CCOC(=O)[C@@H](N)CSCC1CCN(C(=O)OCc2ccccc2)CC1. The van der Waals surface area contributed by atoms with Gasteiger partial charge in [0.1, 0.15) is 12.6 Å². The van der Waals surface area contributed by atoms with E-state index in [0.717, 1.165) is 24.2 Å². The van der Waals surface area contributed by atoms with Crippen LogP contribution in [0.2, 0.25) is 0 Å². The van der Waals surface area contributed by atoms with Crippen LogP contribution in [0.5, 0.6) is 0 Å². The van der Waals surface area contributed by atoms with Gasteiger partial charge in [0.2, 0.25) is 0 Å². The van der Waals surface area contributed by atoms with Crippen molar-refractivity contribution in [2.75, 3.05) is 31.2 Å². The molecule has 0 bridgehead atoms. The standard InChI is InChI=1S/C19H28N2O4S/c1-2-24-18(22)17(20)14-26-13-16-8-10-21(11-9-16)19(23)25-12-15-6-4-3-5-7-15/h3-7,16-17H,2,8-14,20H2,1H3/t17-/m0/s1. The number of ether oxygens (including phenoxy) is 2. The first-order chi connectivity index (χ1) is 12.6. The summed E-state index contributed by atoms with van der Waals surface area (Å²) in [5.41, 5.74) is 6.79. The van der Waals surface area contributed by atoms with Crippen molar-refractivity contribution in [1.29, 1.82) is 0 Å². The number of likely N-dealkylation sites (tertiary alicyclic amines) is 1. The third kappa shape index (κ3) is 6.88. The molecule has 1 saturated heterocycles. The molecule has 144 valence electrons. The normalized spacial score (nSPS) is 16.2. The summed E-state index contributed by atoms with van der Waals surface area (Å²) in [5.74, 6) is 1.71. The molecule has 0 aromatic heterocycles. The monoisotopic (exact) mass is 380 g/mol. The number of nitrogens with two attached hydrogens (primary N) is 1. The van der Waals surface area contributed by atoms with Crippen LogP contribution in [0, 0.1) is 5.92 Å². The average Bonchev–Trinajstić information content (AvgIpc) is 2.67. The Morgan fingerprint density at radius 3 is 2.58 bits per heavy atom. The summed E-state index contributed by atoms with van der Waals surface area (Å²) in [5, 5.41) is 0. The summed E-state index contributed by atoms with van der Waals surface area (Å²) in [4.78, 5) is 25.4. The zero-order chi connectivity index (χ0) is 18.8. The predicted octanol–water partition coefficient (Wildman–Crippen LogP) is 2.66. The van der Waals surface area contributed by atoms with E-state index in [1.54, 1.807) is 23.6 Å². The highest BCUT2D eigenvalue weighted by Crippen LogP contribution is 2.22. The number of esters is 1. The second kappa shape index (κ2) is 11.1. The summed E-state index contributed by atoms with van der Waals surface area (Å²) < 4.78 is 10.3. The first kappa shape index (κ1) is 20.6. The van der Waals surface area contributed by atoms with Gasteiger partial charge >= 0.3 is 12.1 Å². The molecule has 2 rings (SSSR count). The van der Waals surface area contributed by atoms with Crippen LogP contribution in [-0.4, -0.2) is 54.2 Å². The minimum absolute atomic E-state index is 0.246. The summed E-state index contributed by atoms with van der Waals surface area (Å²) in [6.45, 7) is 3.86. The van der Waals surface area contributed by atoms with Gasteiger partial charge in [0.15, 0.2) is 0 Å². The van der Waals surface area contributed by atoms with Gasteiger partial charge in [-0.05, 0) is 37.0 Å². The van der Waals surface area contributed by atoms with Gasteiger partial charge < -0.3 is 20.1 Å². The molecule has 0 radical (unpaired) electrons. The van der Waals surface area contributed by atoms with Crippen LogP contribution in [0.15, 0.2) is 30.3 Å². The third-order valence-corrected chi connectivity index (χ3v) is 5.62. The van der Waals surface area contributed by atoms with Gasteiger partial charge in [0, 0.05) is 18.8 Å². The Balaban J connectivity index is 1.61. The van der Waals surface area contributed by atoms with E-state index < -0.39 is 6.04 Å². The first-order valence-corrected chi connectivity index (χ1v) is 10.2. The lowest BCUT2D eigenvalue weighted by Crippen LogP contribution is -2.39. The van der Waals surface area contributed by atoms with E-state index >= 15 is 0 Å². The fourth-order valence-corrected chi connectivity index (χ4v) is 3.96. The van der Waals surface area contributed by atoms with E-state index in [1.165, 1.54) is 0 Å². The number of hydrogen-bond acceptors (Lipinski definition) is 6. The Morgan fingerprint density at radius 2 is 1.92 bits per heavy atom. The Hall–Kier alpha value is -1.73. The average molecular weight is 381 g/mol. The number of amides is 1. The Labute approximate surface area is 159 Å². The first-order valence-electron chi connectivity index (χ1n) is 9.05. The van der Waals surface area contributed by atoms with Crippen molar-refractivity contribution in [3.05, 3.63) is 35.9 Å². The van der Waals surface area contributed by atoms with Crippen molar-refractivity contribution in [1.82, 2.24) is 4.90 Å². The smallest absolute Gasteiger partial charge is 0.410 e. The number of piperidine rings is 1. The number of carbonyl (C=O) groups excluding carboxylic acids is 2. The highest BCUT2D eigenvalue weighted by molar-refractivity contribution is 7.99.